The zero-order chi connectivity index (χ0) is 23.1. The molecule has 0 aliphatic heterocycles. The van der Waals surface area contributed by atoms with Crippen molar-refractivity contribution in [1.29, 1.82) is 0 Å². The van der Waals surface area contributed by atoms with Crippen molar-refractivity contribution in [2.24, 2.45) is 0 Å². The molecule has 0 fully saturated rings. The van der Waals surface area contributed by atoms with Crippen molar-refractivity contribution < 1.29 is 9.78 Å². The topological polar surface area (TPSA) is 18.5 Å². The summed E-state index contributed by atoms with van der Waals surface area (Å²) >= 11 is 4.96. The molecule has 2 nitrogen and oxygen atoms in total. The van der Waals surface area contributed by atoms with Gasteiger partial charge in [-0.3, -0.25) is 0 Å². The highest BCUT2D eigenvalue weighted by Crippen LogP contribution is 2.40. The van der Waals surface area contributed by atoms with E-state index in [0.717, 1.165) is 34.5 Å². The van der Waals surface area contributed by atoms with Crippen molar-refractivity contribution in [2.75, 3.05) is 8.86 Å². The molecule has 2 rings (SSSR count). The fourth-order valence-electron chi connectivity index (χ4n) is 4.12. The summed E-state index contributed by atoms with van der Waals surface area (Å²) in [6.07, 6.45) is 11.7. The molecule has 0 aliphatic rings. The van der Waals surface area contributed by atoms with Crippen LogP contribution in [-0.4, -0.2) is 8.86 Å². The zero-order valence-electron chi connectivity index (χ0n) is 19.8. The predicted molar refractivity (Wildman–Crippen MR) is 154 cm³/mol. The van der Waals surface area contributed by atoms with E-state index in [2.05, 4.69) is 120 Å². The molecule has 4 heteroatoms. The Morgan fingerprint density at radius 3 is 1.25 bits per heavy atom. The lowest BCUT2D eigenvalue weighted by atomic mass is 9.89. The number of hydrogen-bond acceptors (Lipinski definition) is 2. The van der Waals surface area contributed by atoms with E-state index in [0.29, 0.717) is 0 Å². The monoisotopic (exact) mass is 662 g/mol. The van der Waals surface area contributed by atoms with Crippen molar-refractivity contribution >= 4 is 45.2 Å². The Hall–Kier alpha value is -0.180. The van der Waals surface area contributed by atoms with Crippen LogP contribution in [0.4, 0.5) is 0 Å². The molecule has 0 saturated heterocycles. The summed E-state index contributed by atoms with van der Waals surface area (Å²) in [5.74, 6) is 0. The SMILES string of the molecule is CCCCCCC(CI)(OOC(CI)(CCCCCC)c1ccccc1)c1ccccc1. The summed E-state index contributed by atoms with van der Waals surface area (Å²) in [6.45, 7) is 4.52. The van der Waals surface area contributed by atoms with Gasteiger partial charge in [-0.2, -0.15) is 0 Å². The van der Waals surface area contributed by atoms with Gasteiger partial charge >= 0.3 is 0 Å². The lowest BCUT2D eigenvalue weighted by Gasteiger charge is -2.38. The van der Waals surface area contributed by atoms with Gasteiger partial charge in [0.25, 0.3) is 0 Å². The van der Waals surface area contributed by atoms with Crippen LogP contribution in [0.1, 0.15) is 89.2 Å². The summed E-state index contributed by atoms with van der Waals surface area (Å²) in [7, 11) is 0. The third-order valence-corrected chi connectivity index (χ3v) is 8.72. The molecule has 0 spiro atoms. The molecule has 0 bridgehead atoms. The summed E-state index contributed by atoms with van der Waals surface area (Å²) in [6, 6.07) is 21.4. The van der Waals surface area contributed by atoms with Crippen LogP contribution in [-0.2, 0) is 21.0 Å². The summed E-state index contributed by atoms with van der Waals surface area (Å²) in [5, 5.41) is 0. The Morgan fingerprint density at radius 1 is 0.562 bits per heavy atom. The van der Waals surface area contributed by atoms with E-state index in [1.165, 1.54) is 49.7 Å². The second-order valence-corrected chi connectivity index (χ2v) is 10.3. The minimum absolute atomic E-state index is 0.426. The van der Waals surface area contributed by atoms with Crippen LogP contribution in [0.15, 0.2) is 60.7 Å². The second-order valence-electron chi connectivity index (χ2n) is 8.78. The first-order chi connectivity index (χ1) is 15.7. The lowest BCUT2D eigenvalue weighted by molar-refractivity contribution is -0.416. The molecule has 32 heavy (non-hydrogen) atoms. The highest BCUT2D eigenvalue weighted by molar-refractivity contribution is 14.1. The molecule has 2 aromatic carbocycles. The van der Waals surface area contributed by atoms with Crippen LogP contribution < -0.4 is 0 Å². The minimum Gasteiger partial charge on any atom is -0.223 e. The third-order valence-electron chi connectivity index (χ3n) is 6.26. The Morgan fingerprint density at radius 2 is 0.938 bits per heavy atom. The first-order valence-electron chi connectivity index (χ1n) is 12.3. The van der Waals surface area contributed by atoms with Crippen molar-refractivity contribution in [3.8, 4) is 0 Å². The van der Waals surface area contributed by atoms with Crippen molar-refractivity contribution in [2.45, 2.75) is 89.3 Å². The van der Waals surface area contributed by atoms with Crippen LogP contribution in [0.2, 0.25) is 0 Å². The highest BCUT2D eigenvalue weighted by Gasteiger charge is 2.40. The molecular weight excluding hydrogens is 622 g/mol. The molecule has 2 atom stereocenters. The maximum Gasteiger partial charge on any atom is 0.137 e. The summed E-state index contributed by atoms with van der Waals surface area (Å²) in [5.41, 5.74) is 1.58. The Kier molecular flexibility index (Phi) is 13.7. The molecule has 2 unspecified atom stereocenters. The second kappa shape index (κ2) is 15.7. The van der Waals surface area contributed by atoms with Crippen LogP contribution in [0, 0.1) is 0 Å². The molecule has 0 N–H and O–H groups in total. The largest absolute Gasteiger partial charge is 0.223 e. The van der Waals surface area contributed by atoms with Crippen LogP contribution in [0.5, 0.6) is 0 Å². The molecule has 2 aromatic rings. The predicted octanol–water partition coefficient (Wildman–Crippen LogP) is 9.54. The third kappa shape index (κ3) is 8.24. The highest BCUT2D eigenvalue weighted by atomic mass is 127. The minimum atomic E-state index is -0.426. The number of alkyl halides is 2. The van der Waals surface area contributed by atoms with Gasteiger partial charge in [-0.25, -0.2) is 9.78 Å². The lowest BCUT2D eigenvalue weighted by Crippen LogP contribution is -2.39. The molecule has 0 amide bonds. The standard InChI is InChI=1S/C28H40I2O2/c1-3-5-7-15-21-27(23-29,25-17-11-9-12-18-25)31-32-28(24-30,22-16-8-6-4-2)26-19-13-10-14-20-26/h9-14,17-20H,3-8,15-16,21-24H2,1-2H3. The first kappa shape index (κ1) is 28.1. The Balaban J connectivity index is 2.29. The fraction of sp³-hybridized carbons (Fsp3) is 0.571. The van der Waals surface area contributed by atoms with Crippen molar-refractivity contribution in [1.82, 2.24) is 0 Å². The molecule has 0 radical (unpaired) electrons. The molecule has 178 valence electrons. The maximum absolute atomic E-state index is 6.60. The quantitative estimate of drug-likeness (QED) is 0.0553. The molecule has 0 heterocycles. The van der Waals surface area contributed by atoms with E-state index < -0.39 is 11.2 Å². The van der Waals surface area contributed by atoms with E-state index in [1.807, 2.05) is 0 Å². The van der Waals surface area contributed by atoms with Gasteiger partial charge in [0.2, 0.25) is 0 Å². The van der Waals surface area contributed by atoms with E-state index >= 15 is 0 Å². The van der Waals surface area contributed by atoms with Crippen LogP contribution >= 0.6 is 45.2 Å². The van der Waals surface area contributed by atoms with E-state index in [9.17, 15) is 0 Å². The molecular formula is C28H40I2O2. The van der Waals surface area contributed by atoms with Crippen molar-refractivity contribution in [3.63, 3.8) is 0 Å². The van der Waals surface area contributed by atoms with Gasteiger partial charge in [0.15, 0.2) is 0 Å². The summed E-state index contributed by atoms with van der Waals surface area (Å²) < 4.78 is 1.73. The number of halogens is 2. The zero-order valence-corrected chi connectivity index (χ0v) is 24.1. The average Bonchev–Trinajstić information content (AvgIpc) is 2.86. The number of rotatable bonds is 17. The smallest absolute Gasteiger partial charge is 0.137 e. The van der Waals surface area contributed by atoms with Gasteiger partial charge in [-0.1, -0.05) is 171 Å². The fourth-order valence-corrected chi connectivity index (χ4v) is 6.02. The van der Waals surface area contributed by atoms with Crippen molar-refractivity contribution in [3.05, 3.63) is 71.8 Å². The number of hydrogen-bond donors (Lipinski definition) is 0. The van der Waals surface area contributed by atoms with E-state index in [1.54, 1.807) is 0 Å². The number of unbranched alkanes of at least 4 members (excludes halogenated alkanes) is 6. The molecule has 0 saturated carbocycles. The maximum atomic E-state index is 6.60. The van der Waals surface area contributed by atoms with E-state index in [4.69, 9.17) is 9.78 Å². The molecule has 0 aromatic heterocycles. The first-order valence-corrected chi connectivity index (χ1v) is 15.3. The van der Waals surface area contributed by atoms with Gasteiger partial charge in [0.1, 0.15) is 11.2 Å². The Labute approximate surface area is 223 Å². The van der Waals surface area contributed by atoms with E-state index in [-0.39, 0.29) is 0 Å². The summed E-state index contributed by atoms with van der Waals surface area (Å²) in [4.78, 5) is 13.2. The number of benzene rings is 2. The van der Waals surface area contributed by atoms with Crippen LogP contribution in [0.3, 0.4) is 0 Å². The van der Waals surface area contributed by atoms with Gasteiger partial charge < -0.3 is 0 Å². The normalized spacial score (nSPS) is 15.2. The average molecular weight is 662 g/mol. The molecule has 0 aliphatic carbocycles. The van der Waals surface area contributed by atoms with Gasteiger partial charge in [-0.05, 0) is 24.0 Å². The van der Waals surface area contributed by atoms with Crippen LogP contribution in [0.25, 0.3) is 0 Å². The van der Waals surface area contributed by atoms with Gasteiger partial charge in [0, 0.05) is 8.86 Å². The van der Waals surface area contributed by atoms with Gasteiger partial charge in [-0.15, -0.1) is 0 Å². The van der Waals surface area contributed by atoms with Gasteiger partial charge in [0.05, 0.1) is 0 Å². The Bertz CT molecular complexity index is 661.